The summed E-state index contributed by atoms with van der Waals surface area (Å²) in [5.41, 5.74) is 7.44. The van der Waals surface area contributed by atoms with Crippen molar-refractivity contribution in [1.82, 2.24) is 9.97 Å². The van der Waals surface area contributed by atoms with Crippen LogP contribution in [0.25, 0.3) is 11.3 Å². The Hall–Kier alpha value is -1.57. The van der Waals surface area contributed by atoms with Crippen molar-refractivity contribution in [2.75, 3.05) is 0 Å². The number of fused-ring (bicyclic) bond motifs is 1. The molecular weight excluding hydrogens is 268 g/mol. The molecule has 1 aliphatic rings. The number of benzene rings is 1. The molecule has 1 aromatic carbocycles. The molecule has 0 radical (unpaired) electrons. The Morgan fingerprint density at radius 3 is 2.32 bits per heavy atom. The van der Waals surface area contributed by atoms with E-state index in [2.05, 4.69) is 56.7 Å². The van der Waals surface area contributed by atoms with Crippen LogP contribution in [0.1, 0.15) is 75.9 Å². The molecule has 0 aliphatic heterocycles. The van der Waals surface area contributed by atoms with Gasteiger partial charge in [-0.15, -0.1) is 0 Å². The molecule has 0 amide bonds. The molecule has 2 nitrogen and oxygen atoms in total. The van der Waals surface area contributed by atoms with E-state index in [9.17, 15) is 0 Å². The molecule has 22 heavy (non-hydrogen) atoms. The molecule has 0 unspecified atom stereocenters. The van der Waals surface area contributed by atoms with E-state index in [0.29, 0.717) is 5.92 Å². The summed E-state index contributed by atoms with van der Waals surface area (Å²) in [5, 5.41) is 0. The third kappa shape index (κ3) is 2.71. The van der Waals surface area contributed by atoms with Crippen LogP contribution >= 0.6 is 0 Å². The maximum absolute atomic E-state index is 4.56. The van der Waals surface area contributed by atoms with Crippen molar-refractivity contribution in [3.63, 3.8) is 0 Å². The van der Waals surface area contributed by atoms with Crippen LogP contribution in [0.4, 0.5) is 0 Å². The number of hydrogen-bond donors (Lipinski definition) is 1. The van der Waals surface area contributed by atoms with Crippen molar-refractivity contribution in [3.8, 4) is 11.3 Å². The Bertz CT molecular complexity index is 672. The fraction of sp³-hybridized carbons (Fsp3) is 0.550. The molecule has 0 fully saturated rings. The number of aromatic nitrogens is 2. The highest BCUT2D eigenvalue weighted by molar-refractivity contribution is 5.67. The molecule has 2 heteroatoms. The zero-order valence-electron chi connectivity index (χ0n) is 14.6. The summed E-state index contributed by atoms with van der Waals surface area (Å²) in [6.45, 7) is 11.3. The van der Waals surface area contributed by atoms with Crippen molar-refractivity contribution in [1.29, 1.82) is 0 Å². The Balaban J connectivity index is 2.13. The molecule has 0 atom stereocenters. The van der Waals surface area contributed by atoms with Gasteiger partial charge >= 0.3 is 0 Å². The molecular formula is C20H28N2. The highest BCUT2D eigenvalue weighted by atomic mass is 14.9. The average Bonchev–Trinajstić information content (AvgIpc) is 2.94. The van der Waals surface area contributed by atoms with Gasteiger partial charge in [-0.05, 0) is 47.8 Å². The molecule has 1 heterocycles. The van der Waals surface area contributed by atoms with E-state index in [1.807, 2.05) is 6.20 Å². The van der Waals surface area contributed by atoms with Gasteiger partial charge in [0.25, 0.3) is 0 Å². The second kappa shape index (κ2) is 5.57. The Morgan fingerprint density at radius 1 is 1.05 bits per heavy atom. The zero-order valence-corrected chi connectivity index (χ0v) is 14.6. The predicted molar refractivity (Wildman–Crippen MR) is 93.5 cm³/mol. The smallest absolute Gasteiger partial charge is 0.109 e. The molecule has 0 saturated heterocycles. The fourth-order valence-corrected chi connectivity index (χ4v) is 3.59. The summed E-state index contributed by atoms with van der Waals surface area (Å²) >= 11 is 0. The van der Waals surface area contributed by atoms with E-state index in [0.717, 1.165) is 5.82 Å². The summed E-state index contributed by atoms with van der Waals surface area (Å²) in [5.74, 6) is 1.53. The van der Waals surface area contributed by atoms with Crippen molar-refractivity contribution < 1.29 is 0 Å². The van der Waals surface area contributed by atoms with Crippen LogP contribution in [-0.2, 0) is 18.3 Å². The highest BCUT2D eigenvalue weighted by Gasteiger charge is 2.24. The minimum Gasteiger partial charge on any atom is -0.342 e. The van der Waals surface area contributed by atoms with Crippen molar-refractivity contribution in [2.45, 2.75) is 71.6 Å². The number of nitrogens with zero attached hydrogens (tertiary/aromatic N) is 1. The molecule has 1 aromatic heterocycles. The van der Waals surface area contributed by atoms with Crippen LogP contribution in [0.5, 0.6) is 0 Å². The van der Waals surface area contributed by atoms with Crippen LogP contribution in [-0.4, -0.2) is 9.97 Å². The number of aromatic amines is 1. The van der Waals surface area contributed by atoms with E-state index < -0.39 is 0 Å². The van der Waals surface area contributed by atoms with Gasteiger partial charge in [-0.25, -0.2) is 4.98 Å². The maximum Gasteiger partial charge on any atom is 0.109 e. The first kappa shape index (κ1) is 15.3. The van der Waals surface area contributed by atoms with Crippen LogP contribution in [0, 0.1) is 0 Å². The number of hydrogen-bond acceptors (Lipinski definition) is 1. The normalized spacial score (nSPS) is 15.2. The largest absolute Gasteiger partial charge is 0.342 e. The van der Waals surface area contributed by atoms with E-state index >= 15 is 0 Å². The Labute approximate surface area is 134 Å². The average molecular weight is 296 g/mol. The first-order chi connectivity index (χ1) is 10.4. The Morgan fingerprint density at radius 2 is 1.73 bits per heavy atom. The molecule has 0 bridgehead atoms. The summed E-state index contributed by atoms with van der Waals surface area (Å²) in [6.07, 6.45) is 7.06. The second-order valence-corrected chi connectivity index (χ2v) is 7.91. The van der Waals surface area contributed by atoms with Crippen LogP contribution < -0.4 is 0 Å². The van der Waals surface area contributed by atoms with E-state index in [4.69, 9.17) is 0 Å². The minimum atomic E-state index is 0.219. The van der Waals surface area contributed by atoms with Crippen molar-refractivity contribution in [2.24, 2.45) is 0 Å². The zero-order chi connectivity index (χ0) is 15.9. The van der Waals surface area contributed by atoms with Gasteiger partial charge in [-0.3, -0.25) is 0 Å². The molecule has 118 valence electrons. The lowest BCUT2D eigenvalue weighted by atomic mass is 9.76. The lowest BCUT2D eigenvalue weighted by Crippen LogP contribution is -2.18. The number of nitrogens with one attached hydrogen (secondary N) is 1. The number of imidazole rings is 1. The van der Waals surface area contributed by atoms with Crippen molar-refractivity contribution in [3.05, 3.63) is 40.8 Å². The summed E-state index contributed by atoms with van der Waals surface area (Å²) in [4.78, 5) is 8.08. The predicted octanol–water partition coefficient (Wildman–Crippen LogP) is 5.38. The van der Waals surface area contributed by atoms with Gasteiger partial charge in [-0.1, -0.05) is 46.8 Å². The van der Waals surface area contributed by atoms with Gasteiger partial charge in [0.2, 0.25) is 0 Å². The lowest BCUT2D eigenvalue weighted by Gasteiger charge is -2.29. The van der Waals surface area contributed by atoms with E-state index in [1.165, 1.54) is 42.5 Å². The minimum absolute atomic E-state index is 0.219. The first-order valence-corrected chi connectivity index (χ1v) is 8.58. The summed E-state index contributed by atoms with van der Waals surface area (Å²) < 4.78 is 0. The lowest BCUT2D eigenvalue weighted by molar-refractivity contribution is 0.568. The van der Waals surface area contributed by atoms with Gasteiger partial charge in [0, 0.05) is 11.5 Å². The second-order valence-electron chi connectivity index (χ2n) is 7.91. The molecule has 1 aliphatic carbocycles. The number of rotatable bonds is 2. The van der Waals surface area contributed by atoms with Crippen LogP contribution in [0.2, 0.25) is 0 Å². The third-order valence-electron chi connectivity index (χ3n) is 4.78. The molecule has 1 N–H and O–H groups in total. The Kier molecular flexibility index (Phi) is 3.88. The van der Waals surface area contributed by atoms with Crippen LogP contribution in [0.3, 0.4) is 0 Å². The van der Waals surface area contributed by atoms with Crippen molar-refractivity contribution >= 4 is 0 Å². The van der Waals surface area contributed by atoms with Gasteiger partial charge in [-0.2, -0.15) is 0 Å². The standard InChI is InChI=1S/C20H28N2/c1-13(2)19-21-12-18(22-19)16-10-11-17(20(3,4)5)15-9-7-6-8-14(15)16/h10-13H,6-9H2,1-5H3,(H,21,22). The topological polar surface area (TPSA) is 28.7 Å². The van der Waals surface area contributed by atoms with E-state index in [-0.39, 0.29) is 5.41 Å². The van der Waals surface area contributed by atoms with Gasteiger partial charge < -0.3 is 4.98 Å². The fourth-order valence-electron chi connectivity index (χ4n) is 3.59. The monoisotopic (exact) mass is 296 g/mol. The van der Waals surface area contributed by atoms with Gasteiger partial charge in [0.1, 0.15) is 5.82 Å². The highest BCUT2D eigenvalue weighted by Crippen LogP contribution is 2.37. The molecule has 0 saturated carbocycles. The SMILES string of the molecule is CC(C)c1ncc(-c2ccc(C(C)(C)C)c3c2CCCC3)[nH]1. The molecule has 3 rings (SSSR count). The summed E-state index contributed by atoms with van der Waals surface area (Å²) in [7, 11) is 0. The summed E-state index contributed by atoms with van der Waals surface area (Å²) in [6, 6.07) is 4.65. The molecule has 0 spiro atoms. The molecule has 2 aromatic rings. The van der Waals surface area contributed by atoms with Gasteiger partial charge in [0.05, 0.1) is 11.9 Å². The maximum atomic E-state index is 4.56. The quantitative estimate of drug-likeness (QED) is 0.792. The van der Waals surface area contributed by atoms with E-state index in [1.54, 1.807) is 11.1 Å². The van der Waals surface area contributed by atoms with Crippen LogP contribution in [0.15, 0.2) is 18.3 Å². The first-order valence-electron chi connectivity index (χ1n) is 8.58. The van der Waals surface area contributed by atoms with Gasteiger partial charge in [0.15, 0.2) is 0 Å². The third-order valence-corrected chi connectivity index (χ3v) is 4.78. The number of H-pyrrole nitrogens is 1.